The van der Waals surface area contributed by atoms with Crippen LogP contribution in [0.1, 0.15) is 23.1 Å². The van der Waals surface area contributed by atoms with Gasteiger partial charge in [0.15, 0.2) is 5.82 Å². The van der Waals surface area contributed by atoms with Gasteiger partial charge in [0.1, 0.15) is 6.10 Å². The van der Waals surface area contributed by atoms with E-state index < -0.39 is 6.10 Å². The van der Waals surface area contributed by atoms with Crippen LogP contribution in [0.3, 0.4) is 0 Å². The van der Waals surface area contributed by atoms with E-state index >= 15 is 0 Å². The summed E-state index contributed by atoms with van der Waals surface area (Å²) in [5, 5.41) is 11.2. The third-order valence-electron chi connectivity index (χ3n) is 2.52. The van der Waals surface area contributed by atoms with Gasteiger partial charge in [0.2, 0.25) is 0 Å². The van der Waals surface area contributed by atoms with Crippen LogP contribution in [0.5, 0.6) is 0 Å². The number of aryl methyl sites for hydroxylation is 1. The zero-order chi connectivity index (χ0) is 13.1. The SMILES string of the molecule is Cc1cnc(C(O)Cc2cc(Cl)ccc2Cl)nc1. The van der Waals surface area contributed by atoms with Gasteiger partial charge < -0.3 is 5.11 Å². The monoisotopic (exact) mass is 282 g/mol. The standard InChI is InChI=1S/C13H12Cl2N2O/c1-8-6-16-13(17-7-8)12(18)5-9-4-10(14)2-3-11(9)15/h2-4,6-7,12,18H,5H2,1H3. The summed E-state index contributed by atoms with van der Waals surface area (Å²) in [5.74, 6) is 0.386. The van der Waals surface area contributed by atoms with Crippen molar-refractivity contribution in [1.82, 2.24) is 9.97 Å². The second kappa shape index (κ2) is 5.65. The van der Waals surface area contributed by atoms with Gasteiger partial charge in [-0.25, -0.2) is 9.97 Å². The highest BCUT2D eigenvalue weighted by atomic mass is 35.5. The minimum absolute atomic E-state index is 0.336. The molecule has 1 N–H and O–H groups in total. The summed E-state index contributed by atoms with van der Waals surface area (Å²) in [4.78, 5) is 8.18. The Bertz CT molecular complexity index is 543. The van der Waals surface area contributed by atoms with Gasteiger partial charge in [-0.05, 0) is 36.2 Å². The van der Waals surface area contributed by atoms with Crippen molar-refractivity contribution in [2.24, 2.45) is 0 Å². The Kier molecular flexibility index (Phi) is 4.17. The summed E-state index contributed by atoms with van der Waals surface area (Å²) in [6.07, 6.45) is 2.89. The van der Waals surface area contributed by atoms with Crippen LogP contribution in [0.2, 0.25) is 10.0 Å². The zero-order valence-corrected chi connectivity index (χ0v) is 11.3. The zero-order valence-electron chi connectivity index (χ0n) is 9.77. The van der Waals surface area contributed by atoms with Gasteiger partial charge in [-0.15, -0.1) is 0 Å². The van der Waals surface area contributed by atoms with Crippen LogP contribution in [0.15, 0.2) is 30.6 Å². The number of aromatic nitrogens is 2. The van der Waals surface area contributed by atoms with Crippen LogP contribution < -0.4 is 0 Å². The van der Waals surface area contributed by atoms with Crippen molar-refractivity contribution < 1.29 is 5.11 Å². The smallest absolute Gasteiger partial charge is 0.157 e. The molecule has 0 amide bonds. The highest BCUT2D eigenvalue weighted by molar-refractivity contribution is 6.33. The first-order chi connectivity index (χ1) is 8.56. The van der Waals surface area contributed by atoms with Crippen molar-refractivity contribution >= 4 is 23.2 Å². The highest BCUT2D eigenvalue weighted by Crippen LogP contribution is 2.25. The minimum atomic E-state index is -0.790. The molecule has 5 heteroatoms. The molecule has 1 aromatic heterocycles. The molecule has 0 spiro atoms. The number of halogens is 2. The molecule has 0 bridgehead atoms. The van der Waals surface area contributed by atoms with E-state index in [1.807, 2.05) is 6.92 Å². The van der Waals surface area contributed by atoms with Crippen molar-refractivity contribution in [1.29, 1.82) is 0 Å². The molecule has 1 atom stereocenters. The molecule has 0 fully saturated rings. The number of benzene rings is 1. The highest BCUT2D eigenvalue weighted by Gasteiger charge is 2.13. The summed E-state index contributed by atoms with van der Waals surface area (Å²) in [5.41, 5.74) is 1.73. The molecule has 0 saturated heterocycles. The Morgan fingerprint density at radius 3 is 2.56 bits per heavy atom. The number of hydrogen-bond acceptors (Lipinski definition) is 3. The molecular weight excluding hydrogens is 271 g/mol. The summed E-state index contributed by atoms with van der Waals surface area (Å²) in [7, 11) is 0. The molecule has 94 valence electrons. The van der Waals surface area contributed by atoms with E-state index in [2.05, 4.69) is 9.97 Å². The predicted octanol–water partition coefficient (Wildman–Crippen LogP) is 3.37. The van der Waals surface area contributed by atoms with Crippen LogP contribution in [0.25, 0.3) is 0 Å². The Morgan fingerprint density at radius 2 is 1.89 bits per heavy atom. The van der Waals surface area contributed by atoms with Crippen molar-refractivity contribution in [2.45, 2.75) is 19.4 Å². The van der Waals surface area contributed by atoms with Gasteiger partial charge in [-0.2, -0.15) is 0 Å². The number of hydrogen-bond donors (Lipinski definition) is 1. The molecule has 3 nitrogen and oxygen atoms in total. The first-order valence-electron chi connectivity index (χ1n) is 5.47. The third-order valence-corrected chi connectivity index (χ3v) is 3.12. The van der Waals surface area contributed by atoms with Crippen molar-refractivity contribution in [3.8, 4) is 0 Å². The lowest BCUT2D eigenvalue weighted by Crippen LogP contribution is -2.07. The van der Waals surface area contributed by atoms with E-state index in [-0.39, 0.29) is 0 Å². The Hall–Kier alpha value is -1.16. The van der Waals surface area contributed by atoms with Gasteiger partial charge in [0.05, 0.1) is 0 Å². The summed E-state index contributed by atoms with van der Waals surface area (Å²) < 4.78 is 0. The maximum Gasteiger partial charge on any atom is 0.157 e. The fourth-order valence-corrected chi connectivity index (χ4v) is 1.96. The molecule has 0 saturated carbocycles. The number of aliphatic hydroxyl groups is 1. The second-order valence-electron chi connectivity index (χ2n) is 4.07. The van der Waals surface area contributed by atoms with Crippen LogP contribution in [-0.2, 0) is 6.42 Å². The van der Waals surface area contributed by atoms with Crippen LogP contribution in [-0.4, -0.2) is 15.1 Å². The van der Waals surface area contributed by atoms with Crippen molar-refractivity contribution in [2.75, 3.05) is 0 Å². The maximum absolute atomic E-state index is 10.1. The largest absolute Gasteiger partial charge is 0.385 e. The second-order valence-corrected chi connectivity index (χ2v) is 4.92. The van der Waals surface area contributed by atoms with E-state index in [9.17, 15) is 5.11 Å². The lowest BCUT2D eigenvalue weighted by molar-refractivity contribution is 0.168. The molecule has 1 unspecified atom stereocenters. The topological polar surface area (TPSA) is 46.0 Å². The third kappa shape index (κ3) is 3.19. The molecule has 0 aliphatic carbocycles. The van der Waals surface area contributed by atoms with Gasteiger partial charge in [-0.1, -0.05) is 23.2 Å². The fraction of sp³-hybridized carbons (Fsp3) is 0.231. The predicted molar refractivity (Wildman–Crippen MR) is 71.9 cm³/mol. The fourth-order valence-electron chi connectivity index (χ4n) is 1.57. The summed E-state index contributed by atoms with van der Waals surface area (Å²) in [6.45, 7) is 1.89. The molecule has 1 aromatic carbocycles. The van der Waals surface area contributed by atoms with E-state index in [0.29, 0.717) is 22.3 Å². The van der Waals surface area contributed by atoms with E-state index in [0.717, 1.165) is 11.1 Å². The molecule has 2 rings (SSSR count). The normalized spacial score (nSPS) is 12.4. The van der Waals surface area contributed by atoms with Gasteiger partial charge >= 0.3 is 0 Å². The van der Waals surface area contributed by atoms with Crippen LogP contribution >= 0.6 is 23.2 Å². The van der Waals surface area contributed by atoms with Crippen LogP contribution in [0, 0.1) is 6.92 Å². The molecule has 0 aliphatic heterocycles. The van der Waals surface area contributed by atoms with Gasteiger partial charge in [0.25, 0.3) is 0 Å². The molecule has 18 heavy (non-hydrogen) atoms. The Morgan fingerprint density at radius 1 is 1.22 bits per heavy atom. The lowest BCUT2D eigenvalue weighted by Gasteiger charge is -2.11. The Labute approximate surface area is 115 Å². The first kappa shape index (κ1) is 13.3. The van der Waals surface area contributed by atoms with E-state index in [4.69, 9.17) is 23.2 Å². The number of rotatable bonds is 3. The first-order valence-corrected chi connectivity index (χ1v) is 6.22. The average Bonchev–Trinajstić information content (AvgIpc) is 2.34. The molecule has 2 aromatic rings. The summed E-state index contributed by atoms with van der Waals surface area (Å²) >= 11 is 11.9. The molecule has 1 heterocycles. The number of nitrogens with zero attached hydrogens (tertiary/aromatic N) is 2. The van der Waals surface area contributed by atoms with E-state index in [1.54, 1.807) is 30.6 Å². The van der Waals surface area contributed by atoms with Crippen molar-refractivity contribution in [3.05, 3.63) is 57.6 Å². The molecular formula is C13H12Cl2N2O. The lowest BCUT2D eigenvalue weighted by atomic mass is 10.1. The van der Waals surface area contributed by atoms with Crippen LogP contribution in [0.4, 0.5) is 0 Å². The Balaban J connectivity index is 2.18. The van der Waals surface area contributed by atoms with E-state index in [1.165, 1.54) is 0 Å². The number of aliphatic hydroxyl groups excluding tert-OH is 1. The molecule has 0 aliphatic rings. The van der Waals surface area contributed by atoms with Gasteiger partial charge in [0, 0.05) is 28.9 Å². The summed E-state index contributed by atoms with van der Waals surface area (Å²) in [6, 6.07) is 5.16. The quantitative estimate of drug-likeness (QED) is 0.939. The maximum atomic E-state index is 10.1. The average molecular weight is 283 g/mol. The van der Waals surface area contributed by atoms with Crippen molar-refractivity contribution in [3.63, 3.8) is 0 Å². The van der Waals surface area contributed by atoms with Gasteiger partial charge in [-0.3, -0.25) is 0 Å². The molecule has 0 radical (unpaired) electrons. The minimum Gasteiger partial charge on any atom is -0.385 e.